The molecule has 4 aliphatic rings. The van der Waals surface area contributed by atoms with E-state index >= 15 is 0 Å². The molecule has 0 radical (unpaired) electrons. The highest BCUT2D eigenvalue weighted by atomic mass is 15.4. The van der Waals surface area contributed by atoms with Gasteiger partial charge in [-0.2, -0.15) is 0 Å². The normalized spacial score (nSPS) is 14.5. The van der Waals surface area contributed by atoms with Crippen LogP contribution in [0.15, 0.2) is 236 Å². The summed E-state index contributed by atoms with van der Waals surface area (Å²) in [5, 5.41) is 5.50. The molecule has 0 unspecified atom stereocenters. The number of benzene rings is 9. The maximum absolute atomic E-state index is 5.50. The van der Waals surface area contributed by atoms with E-state index < -0.39 is 5.41 Å². The van der Waals surface area contributed by atoms with Gasteiger partial charge in [0.2, 0.25) is 5.71 Å². The Balaban J connectivity index is 0.957. The van der Waals surface area contributed by atoms with Gasteiger partial charge in [0.15, 0.2) is 23.2 Å². The molecule has 14 rings (SSSR count). The van der Waals surface area contributed by atoms with Crippen molar-refractivity contribution in [2.45, 2.75) is 11.8 Å². The second kappa shape index (κ2) is 15.1. The van der Waals surface area contributed by atoms with E-state index in [9.17, 15) is 0 Å². The second-order valence-corrected chi connectivity index (χ2v) is 17.9. The molecule has 9 aromatic carbocycles. The maximum Gasteiger partial charge on any atom is 0.256 e. The van der Waals surface area contributed by atoms with E-state index in [-0.39, 0.29) is 0 Å². The average Bonchev–Trinajstić information content (AvgIpc) is 4.07. The lowest BCUT2D eigenvalue weighted by atomic mass is 9.70. The Morgan fingerprint density at radius 3 is 1.41 bits per heavy atom. The van der Waals surface area contributed by atoms with E-state index in [0.717, 1.165) is 56.1 Å². The summed E-state index contributed by atoms with van der Waals surface area (Å²) in [6, 6.07) is 82.4. The Bertz CT molecular complexity index is 3750. The molecule has 1 aromatic heterocycles. The van der Waals surface area contributed by atoms with Crippen LogP contribution in [0.5, 0.6) is 0 Å². The molecular formula is C63H40N5+. The van der Waals surface area contributed by atoms with E-state index in [1.807, 2.05) is 18.2 Å². The van der Waals surface area contributed by atoms with Crippen LogP contribution < -0.4 is 0 Å². The lowest BCUT2D eigenvalue weighted by Crippen LogP contribution is -2.25. The van der Waals surface area contributed by atoms with Gasteiger partial charge in [0.25, 0.3) is 5.70 Å². The third-order valence-corrected chi connectivity index (χ3v) is 14.3. The summed E-state index contributed by atoms with van der Waals surface area (Å²) in [4.78, 5) is 15.9. The first-order valence-corrected chi connectivity index (χ1v) is 23.3. The quantitative estimate of drug-likeness (QED) is 0.156. The van der Waals surface area contributed by atoms with Crippen LogP contribution in [-0.2, 0) is 11.8 Å². The van der Waals surface area contributed by atoms with Crippen LogP contribution >= 0.6 is 0 Å². The zero-order chi connectivity index (χ0) is 44.8. The van der Waals surface area contributed by atoms with Crippen LogP contribution in [0.1, 0.15) is 50.1 Å². The molecule has 0 saturated carbocycles. The number of fused-ring (bicyclic) bond motifs is 13. The first-order valence-electron chi connectivity index (χ1n) is 23.3. The molecule has 5 heteroatoms. The van der Waals surface area contributed by atoms with Crippen LogP contribution in [0.4, 0.5) is 0 Å². The standard InChI is InChI=1S/C63H40N5/c1-4-19-40(20-5-1)57-58(41-21-6-2-7-22-41)67-68-56(39-43-25-10-11-28-47(43)59(57)68)44-26-18-27-45(37-44)61-64-60(42-23-8-3-9-24-42)65-62(66-61)46-35-36-51-50-31-14-17-34-54(50)63(55(51)38-46)52-32-15-12-29-48(52)49-30-13-16-33-53(49)63/h1-38H,39H2/q+1. The van der Waals surface area contributed by atoms with E-state index in [1.54, 1.807) is 0 Å². The molecule has 0 N–H and O–H groups in total. The number of hydrogen-bond acceptors (Lipinski definition) is 4. The number of hydrazone groups is 1. The van der Waals surface area contributed by atoms with E-state index in [0.29, 0.717) is 23.9 Å². The molecule has 316 valence electrons. The van der Waals surface area contributed by atoms with Gasteiger partial charge in [0, 0.05) is 32.9 Å². The smallest absolute Gasteiger partial charge is 0.208 e. The summed E-state index contributed by atoms with van der Waals surface area (Å²) in [6.07, 6.45) is 0.708. The molecule has 0 saturated heterocycles. The molecule has 0 atom stereocenters. The fourth-order valence-corrected chi connectivity index (χ4v) is 11.3. The molecule has 1 spiro atoms. The van der Waals surface area contributed by atoms with E-state index in [1.165, 1.54) is 55.6 Å². The van der Waals surface area contributed by atoms with Crippen molar-refractivity contribution in [2.75, 3.05) is 0 Å². The third-order valence-electron chi connectivity index (χ3n) is 14.3. The minimum absolute atomic E-state index is 0.483. The maximum atomic E-state index is 5.50. The summed E-state index contributed by atoms with van der Waals surface area (Å²) in [5.74, 6) is 1.86. The predicted molar refractivity (Wildman–Crippen MR) is 273 cm³/mol. The summed E-state index contributed by atoms with van der Waals surface area (Å²) in [5.41, 5.74) is 22.5. The molecule has 2 aliphatic heterocycles. The molecule has 3 heterocycles. The Morgan fingerprint density at radius 2 is 0.794 bits per heavy atom. The van der Waals surface area contributed by atoms with Crippen molar-refractivity contribution in [2.24, 2.45) is 5.10 Å². The van der Waals surface area contributed by atoms with Gasteiger partial charge >= 0.3 is 0 Å². The SMILES string of the molecule is c1ccc(C2=N[N+]3=C(c4cccc(-c5nc(-c6ccccc6)nc(-c6ccc7c(c6)C6(c8ccccc8-c8ccccc86)c6ccccc6-7)n5)c4)Cc4ccccc4C3=C2c2ccccc2)cc1. The second-order valence-electron chi connectivity index (χ2n) is 17.9. The molecule has 2 aliphatic carbocycles. The summed E-state index contributed by atoms with van der Waals surface area (Å²) >= 11 is 0. The van der Waals surface area contributed by atoms with Crippen LogP contribution in [0.3, 0.4) is 0 Å². The average molecular weight is 867 g/mol. The first kappa shape index (κ1) is 38.3. The molecule has 5 nitrogen and oxygen atoms in total. The fourth-order valence-electron chi connectivity index (χ4n) is 11.3. The van der Waals surface area contributed by atoms with Gasteiger partial charge in [0.05, 0.1) is 23.0 Å². The third kappa shape index (κ3) is 5.66. The first-order chi connectivity index (χ1) is 33.7. The molecule has 10 aromatic rings. The van der Waals surface area contributed by atoms with E-state index in [2.05, 4.69) is 217 Å². The minimum Gasteiger partial charge on any atom is -0.208 e. The Hall–Kier alpha value is -8.93. The van der Waals surface area contributed by atoms with Crippen molar-refractivity contribution in [1.82, 2.24) is 15.0 Å². The predicted octanol–water partition coefficient (Wildman–Crippen LogP) is 13.6. The fraction of sp³-hybridized carbons (Fsp3) is 0.0317. The van der Waals surface area contributed by atoms with E-state index in [4.69, 9.17) is 20.1 Å². The van der Waals surface area contributed by atoms with Crippen LogP contribution in [0.25, 0.3) is 67.7 Å². The van der Waals surface area contributed by atoms with Crippen molar-refractivity contribution < 1.29 is 4.68 Å². The molecule has 68 heavy (non-hydrogen) atoms. The molecule has 0 fully saturated rings. The Labute approximate surface area is 394 Å². The zero-order valence-electron chi connectivity index (χ0n) is 36.9. The Morgan fingerprint density at radius 1 is 0.338 bits per heavy atom. The minimum atomic E-state index is -0.483. The number of aromatic nitrogens is 3. The van der Waals surface area contributed by atoms with Crippen LogP contribution in [-0.4, -0.2) is 31.1 Å². The molecule has 0 bridgehead atoms. The van der Waals surface area contributed by atoms with Gasteiger partial charge in [-0.15, -0.1) is 0 Å². The lowest BCUT2D eigenvalue weighted by molar-refractivity contribution is -0.434. The molecule has 0 amide bonds. The summed E-state index contributed by atoms with van der Waals surface area (Å²) in [7, 11) is 0. The number of hydrogen-bond donors (Lipinski definition) is 0. The summed E-state index contributed by atoms with van der Waals surface area (Å²) in [6.45, 7) is 0. The van der Waals surface area contributed by atoms with Crippen LogP contribution in [0, 0.1) is 0 Å². The van der Waals surface area contributed by atoms with Gasteiger partial charge in [-0.05, 0) is 84.6 Å². The molecular weight excluding hydrogens is 827 g/mol. The van der Waals surface area contributed by atoms with Crippen molar-refractivity contribution in [3.8, 4) is 56.4 Å². The summed E-state index contributed by atoms with van der Waals surface area (Å²) < 4.78 is 2.19. The van der Waals surface area contributed by atoms with Crippen molar-refractivity contribution in [3.63, 3.8) is 0 Å². The number of allylic oxidation sites excluding steroid dienone is 1. The topological polar surface area (TPSA) is 54.0 Å². The van der Waals surface area contributed by atoms with Gasteiger partial charge < -0.3 is 0 Å². The largest absolute Gasteiger partial charge is 0.256 e. The van der Waals surface area contributed by atoms with Crippen molar-refractivity contribution in [1.29, 1.82) is 0 Å². The van der Waals surface area contributed by atoms with Gasteiger partial charge in [-0.3, -0.25) is 0 Å². The van der Waals surface area contributed by atoms with Gasteiger partial charge in [-0.25, -0.2) is 15.0 Å². The Kier molecular flexibility index (Phi) is 8.49. The van der Waals surface area contributed by atoms with Gasteiger partial charge in [-0.1, -0.05) is 206 Å². The number of rotatable bonds is 6. The van der Waals surface area contributed by atoms with Gasteiger partial charge in [0.1, 0.15) is 0 Å². The highest BCUT2D eigenvalue weighted by Gasteiger charge is 2.51. The zero-order valence-corrected chi connectivity index (χ0v) is 36.9. The number of nitrogens with zero attached hydrogens (tertiary/aromatic N) is 5. The highest BCUT2D eigenvalue weighted by molar-refractivity contribution is 6.37. The monoisotopic (exact) mass is 866 g/mol. The lowest BCUT2D eigenvalue weighted by Gasteiger charge is -2.30. The highest BCUT2D eigenvalue weighted by Crippen LogP contribution is 2.63. The van der Waals surface area contributed by atoms with Crippen LogP contribution in [0.2, 0.25) is 0 Å². The van der Waals surface area contributed by atoms with Crippen molar-refractivity contribution in [3.05, 3.63) is 281 Å². The van der Waals surface area contributed by atoms with Crippen molar-refractivity contribution >= 4 is 22.7 Å².